The number of anilines is 2. The molecule has 0 fully saturated rings. The number of methoxy groups -OCH3 is 1. The molecule has 0 bridgehead atoms. The Hall–Kier alpha value is -2.59. The van der Waals surface area contributed by atoms with E-state index in [-0.39, 0.29) is 5.75 Å². The summed E-state index contributed by atoms with van der Waals surface area (Å²) in [6.07, 6.45) is 1.52. The van der Waals surface area contributed by atoms with Gasteiger partial charge >= 0.3 is 6.03 Å². The SMILES string of the molecule is C=CCNC(=O)NC(=O)CSc1nnc(Nc2cccc(OC)c2)s1. The van der Waals surface area contributed by atoms with Crippen LogP contribution in [0.15, 0.2) is 41.3 Å². The summed E-state index contributed by atoms with van der Waals surface area (Å²) >= 11 is 2.51. The molecule has 25 heavy (non-hydrogen) atoms. The van der Waals surface area contributed by atoms with Crippen LogP contribution in [0.2, 0.25) is 0 Å². The highest BCUT2D eigenvalue weighted by Gasteiger charge is 2.10. The first-order valence-electron chi connectivity index (χ1n) is 7.16. The summed E-state index contributed by atoms with van der Waals surface area (Å²) in [4.78, 5) is 23.0. The van der Waals surface area contributed by atoms with E-state index in [4.69, 9.17) is 4.74 Å². The van der Waals surface area contributed by atoms with Gasteiger partial charge in [-0.15, -0.1) is 16.8 Å². The zero-order chi connectivity index (χ0) is 18.1. The fraction of sp³-hybridized carbons (Fsp3) is 0.200. The Bertz CT molecular complexity index is 750. The van der Waals surface area contributed by atoms with Gasteiger partial charge in [-0.05, 0) is 12.1 Å². The van der Waals surface area contributed by atoms with Crippen LogP contribution < -0.4 is 20.7 Å². The lowest BCUT2D eigenvalue weighted by atomic mass is 10.3. The van der Waals surface area contributed by atoms with Gasteiger partial charge in [0, 0.05) is 18.3 Å². The number of hydrogen-bond donors (Lipinski definition) is 3. The number of nitrogens with zero attached hydrogens (tertiary/aromatic N) is 2. The number of imide groups is 1. The van der Waals surface area contributed by atoms with Crippen molar-refractivity contribution in [2.75, 3.05) is 24.7 Å². The number of hydrogen-bond acceptors (Lipinski definition) is 8. The number of aromatic nitrogens is 2. The molecule has 0 saturated carbocycles. The van der Waals surface area contributed by atoms with Gasteiger partial charge in [0.05, 0.1) is 12.9 Å². The maximum absolute atomic E-state index is 11.7. The minimum absolute atomic E-state index is 0.0648. The van der Waals surface area contributed by atoms with E-state index in [0.29, 0.717) is 16.0 Å². The van der Waals surface area contributed by atoms with E-state index in [2.05, 4.69) is 32.7 Å². The zero-order valence-corrected chi connectivity index (χ0v) is 15.1. The summed E-state index contributed by atoms with van der Waals surface area (Å²) in [5.74, 6) is 0.384. The van der Waals surface area contributed by atoms with E-state index in [1.165, 1.54) is 29.2 Å². The standard InChI is InChI=1S/C15H17N5O3S2/c1-3-7-16-13(22)18-12(21)9-24-15-20-19-14(25-15)17-10-5-4-6-11(8-10)23-2/h3-6,8H,1,7,9H2,2H3,(H,17,19)(H2,16,18,21,22). The molecule has 3 N–H and O–H groups in total. The van der Waals surface area contributed by atoms with Crippen LogP contribution in [0.4, 0.5) is 15.6 Å². The van der Waals surface area contributed by atoms with E-state index in [9.17, 15) is 9.59 Å². The van der Waals surface area contributed by atoms with Crippen molar-refractivity contribution in [1.82, 2.24) is 20.8 Å². The van der Waals surface area contributed by atoms with Crippen LogP contribution in [0.3, 0.4) is 0 Å². The number of benzene rings is 1. The van der Waals surface area contributed by atoms with Crippen molar-refractivity contribution in [2.24, 2.45) is 0 Å². The molecule has 1 aromatic heterocycles. The molecule has 0 spiro atoms. The van der Waals surface area contributed by atoms with Crippen LogP contribution in [-0.4, -0.2) is 41.5 Å². The monoisotopic (exact) mass is 379 g/mol. The molecule has 8 nitrogen and oxygen atoms in total. The summed E-state index contributed by atoms with van der Waals surface area (Å²) in [7, 11) is 1.60. The first-order chi connectivity index (χ1) is 12.1. The molecular weight excluding hydrogens is 362 g/mol. The third-order valence-corrected chi connectivity index (χ3v) is 4.69. The lowest BCUT2D eigenvalue weighted by Gasteiger charge is -2.04. The number of carbonyl (C=O) groups is 2. The molecule has 0 atom stereocenters. The summed E-state index contributed by atoms with van der Waals surface area (Å²) in [5.41, 5.74) is 0.823. The predicted molar refractivity (Wildman–Crippen MR) is 98.6 cm³/mol. The fourth-order valence-electron chi connectivity index (χ4n) is 1.64. The predicted octanol–water partition coefficient (Wildman–Crippen LogP) is 2.39. The number of nitrogens with one attached hydrogen (secondary N) is 3. The Morgan fingerprint density at radius 3 is 3.00 bits per heavy atom. The number of amides is 3. The van der Waals surface area contributed by atoms with Crippen molar-refractivity contribution in [3.05, 3.63) is 36.9 Å². The first-order valence-corrected chi connectivity index (χ1v) is 8.97. The second-order valence-corrected chi connectivity index (χ2v) is 6.77. The molecule has 3 amide bonds. The Morgan fingerprint density at radius 2 is 2.24 bits per heavy atom. The highest BCUT2D eigenvalue weighted by Crippen LogP contribution is 2.28. The van der Waals surface area contributed by atoms with E-state index in [1.54, 1.807) is 7.11 Å². The highest BCUT2D eigenvalue weighted by atomic mass is 32.2. The summed E-state index contributed by atoms with van der Waals surface area (Å²) < 4.78 is 5.78. The van der Waals surface area contributed by atoms with Gasteiger partial charge in [0.25, 0.3) is 0 Å². The van der Waals surface area contributed by atoms with Crippen LogP contribution in [0, 0.1) is 0 Å². The van der Waals surface area contributed by atoms with Crippen molar-refractivity contribution in [1.29, 1.82) is 0 Å². The number of urea groups is 1. The van der Waals surface area contributed by atoms with Crippen LogP contribution in [0.5, 0.6) is 5.75 Å². The van der Waals surface area contributed by atoms with Gasteiger partial charge < -0.3 is 15.4 Å². The van der Waals surface area contributed by atoms with E-state index in [0.717, 1.165) is 11.4 Å². The van der Waals surface area contributed by atoms with Gasteiger partial charge in [-0.1, -0.05) is 35.2 Å². The number of carbonyl (C=O) groups excluding carboxylic acids is 2. The number of rotatable bonds is 8. The first kappa shape index (κ1) is 18.7. The Kier molecular flexibility index (Phi) is 7.23. The average Bonchev–Trinajstić information content (AvgIpc) is 3.05. The van der Waals surface area contributed by atoms with Crippen molar-refractivity contribution >= 4 is 45.9 Å². The molecule has 1 aromatic carbocycles. The molecule has 0 radical (unpaired) electrons. The third-order valence-electron chi connectivity index (χ3n) is 2.71. The van der Waals surface area contributed by atoms with Crippen molar-refractivity contribution in [3.63, 3.8) is 0 Å². The molecule has 132 valence electrons. The third kappa shape index (κ3) is 6.43. The maximum Gasteiger partial charge on any atom is 0.321 e. The molecule has 2 aromatic rings. The Labute approximate surface area is 153 Å². The molecule has 10 heteroatoms. The van der Waals surface area contributed by atoms with Crippen molar-refractivity contribution < 1.29 is 14.3 Å². The topological polar surface area (TPSA) is 105 Å². The number of thioether (sulfide) groups is 1. The Balaban J connectivity index is 1.81. The molecule has 2 rings (SSSR count). The van der Waals surface area contributed by atoms with Crippen molar-refractivity contribution in [2.45, 2.75) is 4.34 Å². The second-order valence-electron chi connectivity index (χ2n) is 4.57. The van der Waals surface area contributed by atoms with Gasteiger partial charge in [0.2, 0.25) is 11.0 Å². The molecule has 0 aliphatic rings. The summed E-state index contributed by atoms with van der Waals surface area (Å²) in [6, 6.07) is 6.87. The largest absolute Gasteiger partial charge is 0.497 e. The van der Waals surface area contributed by atoms with Crippen LogP contribution in [0.1, 0.15) is 0 Å². The lowest BCUT2D eigenvalue weighted by Crippen LogP contribution is -2.40. The molecule has 0 unspecified atom stereocenters. The molecule has 1 heterocycles. The van der Waals surface area contributed by atoms with Crippen LogP contribution in [0.25, 0.3) is 0 Å². The Morgan fingerprint density at radius 1 is 1.40 bits per heavy atom. The maximum atomic E-state index is 11.7. The minimum atomic E-state index is -0.553. The summed E-state index contributed by atoms with van der Waals surface area (Å²) in [6.45, 7) is 3.77. The molecule has 0 aliphatic carbocycles. The van der Waals surface area contributed by atoms with Crippen LogP contribution >= 0.6 is 23.1 Å². The quantitative estimate of drug-likeness (QED) is 0.478. The van der Waals surface area contributed by atoms with E-state index >= 15 is 0 Å². The zero-order valence-electron chi connectivity index (χ0n) is 13.4. The highest BCUT2D eigenvalue weighted by molar-refractivity contribution is 8.01. The molecule has 0 saturated heterocycles. The minimum Gasteiger partial charge on any atom is -0.497 e. The van der Waals surface area contributed by atoms with Gasteiger partial charge in [-0.25, -0.2) is 4.79 Å². The lowest BCUT2D eigenvalue weighted by molar-refractivity contribution is -0.117. The number of ether oxygens (including phenoxy) is 1. The van der Waals surface area contributed by atoms with Gasteiger partial charge in [-0.2, -0.15) is 0 Å². The van der Waals surface area contributed by atoms with Gasteiger partial charge in [-0.3, -0.25) is 10.1 Å². The smallest absolute Gasteiger partial charge is 0.321 e. The molecule has 0 aliphatic heterocycles. The van der Waals surface area contributed by atoms with E-state index < -0.39 is 11.9 Å². The van der Waals surface area contributed by atoms with E-state index in [1.807, 2.05) is 24.3 Å². The van der Waals surface area contributed by atoms with Crippen molar-refractivity contribution in [3.8, 4) is 5.75 Å². The van der Waals surface area contributed by atoms with Gasteiger partial charge in [0.1, 0.15) is 5.75 Å². The van der Waals surface area contributed by atoms with Crippen LogP contribution in [-0.2, 0) is 4.79 Å². The fourth-order valence-corrected chi connectivity index (χ4v) is 3.21. The van der Waals surface area contributed by atoms with Gasteiger partial charge in [0.15, 0.2) is 4.34 Å². The summed E-state index contributed by atoms with van der Waals surface area (Å²) in [5, 5.41) is 16.4. The average molecular weight is 379 g/mol. The second kappa shape index (κ2) is 9.64. The normalized spacial score (nSPS) is 9.96. The molecular formula is C15H17N5O3S2.